The lowest BCUT2D eigenvalue weighted by Crippen LogP contribution is -2.35. The van der Waals surface area contributed by atoms with Crippen LogP contribution in [0.5, 0.6) is 0 Å². The van der Waals surface area contributed by atoms with Gasteiger partial charge in [-0.25, -0.2) is 0 Å². The minimum absolute atomic E-state index is 0.225. The van der Waals surface area contributed by atoms with E-state index in [2.05, 4.69) is 30.4 Å². The van der Waals surface area contributed by atoms with E-state index in [-0.39, 0.29) is 11.8 Å². The van der Waals surface area contributed by atoms with Gasteiger partial charge in [0, 0.05) is 17.8 Å². The zero-order valence-electron chi connectivity index (χ0n) is 13.4. The largest absolute Gasteiger partial charge is 0.464 e. The van der Waals surface area contributed by atoms with E-state index in [0.29, 0.717) is 6.54 Å². The molecule has 0 atom stereocenters. The molecular weight excluding hydrogens is 274 g/mol. The molecule has 1 aliphatic carbocycles. The second kappa shape index (κ2) is 6.99. The first kappa shape index (κ1) is 15.1. The van der Waals surface area contributed by atoms with E-state index in [1.807, 2.05) is 6.26 Å². The van der Waals surface area contributed by atoms with E-state index in [4.69, 9.17) is 4.42 Å². The van der Waals surface area contributed by atoms with Crippen molar-refractivity contribution in [2.45, 2.75) is 51.9 Å². The third-order valence-corrected chi connectivity index (χ3v) is 4.71. The quantitative estimate of drug-likeness (QED) is 0.831. The standard InChI is InChI=1S/C19H25NO2/c1-2-3-5-14-8-9-18-17(12-14)16(13-22-18)10-11-20-19(21)15-6-4-7-15/h8-9,12-13,15H,2-7,10-11H2,1H3,(H,20,21). The molecule has 1 heterocycles. The molecule has 1 amide bonds. The zero-order chi connectivity index (χ0) is 15.4. The van der Waals surface area contributed by atoms with Gasteiger partial charge in [-0.3, -0.25) is 4.79 Å². The third-order valence-electron chi connectivity index (χ3n) is 4.71. The number of rotatable bonds is 7. The fraction of sp³-hybridized carbons (Fsp3) is 0.526. The lowest BCUT2D eigenvalue weighted by molar-refractivity contribution is -0.127. The number of hydrogen-bond acceptors (Lipinski definition) is 2. The smallest absolute Gasteiger partial charge is 0.223 e. The van der Waals surface area contributed by atoms with Gasteiger partial charge >= 0.3 is 0 Å². The van der Waals surface area contributed by atoms with Gasteiger partial charge in [0.1, 0.15) is 5.58 Å². The molecule has 22 heavy (non-hydrogen) atoms. The molecule has 0 aliphatic heterocycles. The van der Waals surface area contributed by atoms with Crippen molar-refractivity contribution < 1.29 is 9.21 Å². The van der Waals surface area contributed by atoms with Gasteiger partial charge in [0.05, 0.1) is 6.26 Å². The highest BCUT2D eigenvalue weighted by atomic mass is 16.3. The highest BCUT2D eigenvalue weighted by molar-refractivity contribution is 5.82. The predicted molar refractivity (Wildman–Crippen MR) is 88.9 cm³/mol. The van der Waals surface area contributed by atoms with Gasteiger partial charge in [-0.1, -0.05) is 25.8 Å². The summed E-state index contributed by atoms with van der Waals surface area (Å²) in [6.45, 7) is 2.91. The van der Waals surface area contributed by atoms with Crippen LogP contribution in [0.2, 0.25) is 0 Å². The van der Waals surface area contributed by atoms with Crippen molar-refractivity contribution in [2.75, 3.05) is 6.54 Å². The number of nitrogens with one attached hydrogen (secondary N) is 1. The maximum atomic E-state index is 11.9. The van der Waals surface area contributed by atoms with E-state index < -0.39 is 0 Å². The van der Waals surface area contributed by atoms with Crippen molar-refractivity contribution in [3.8, 4) is 0 Å². The lowest BCUT2D eigenvalue weighted by atomic mass is 9.85. The molecule has 3 rings (SSSR count). The fourth-order valence-corrected chi connectivity index (χ4v) is 2.99. The van der Waals surface area contributed by atoms with Crippen LogP contribution in [0.15, 0.2) is 28.9 Å². The molecule has 0 saturated heterocycles. The Morgan fingerprint density at radius 1 is 1.32 bits per heavy atom. The number of aryl methyl sites for hydroxylation is 1. The van der Waals surface area contributed by atoms with E-state index >= 15 is 0 Å². The van der Waals surface area contributed by atoms with Crippen LogP contribution in [-0.4, -0.2) is 12.5 Å². The van der Waals surface area contributed by atoms with Crippen LogP contribution in [-0.2, 0) is 17.6 Å². The molecule has 0 spiro atoms. The van der Waals surface area contributed by atoms with Gasteiger partial charge in [0.15, 0.2) is 0 Å². The van der Waals surface area contributed by atoms with Crippen LogP contribution in [0, 0.1) is 5.92 Å². The zero-order valence-corrected chi connectivity index (χ0v) is 13.4. The monoisotopic (exact) mass is 299 g/mol. The Bertz CT molecular complexity index is 640. The summed E-state index contributed by atoms with van der Waals surface area (Å²) in [6, 6.07) is 6.47. The van der Waals surface area contributed by atoms with E-state index in [1.165, 1.54) is 35.8 Å². The topological polar surface area (TPSA) is 42.2 Å². The maximum absolute atomic E-state index is 11.9. The molecule has 2 aromatic rings. The molecule has 1 aliphatic rings. The third kappa shape index (κ3) is 3.34. The molecule has 3 heteroatoms. The summed E-state index contributed by atoms with van der Waals surface area (Å²) in [4.78, 5) is 11.9. The predicted octanol–water partition coefficient (Wildman–Crippen LogP) is 4.23. The number of carbonyl (C=O) groups is 1. The Labute approximate surface area is 132 Å². The summed E-state index contributed by atoms with van der Waals surface area (Å²) in [5, 5.41) is 4.26. The van der Waals surface area contributed by atoms with Crippen molar-refractivity contribution in [3.05, 3.63) is 35.6 Å². The minimum atomic E-state index is 0.225. The molecule has 0 radical (unpaired) electrons. The number of carbonyl (C=O) groups excluding carboxylic acids is 1. The summed E-state index contributed by atoms with van der Waals surface area (Å²) in [7, 11) is 0. The number of benzene rings is 1. The van der Waals surface area contributed by atoms with Crippen LogP contribution in [0.1, 0.15) is 50.2 Å². The van der Waals surface area contributed by atoms with Gasteiger partial charge in [0.2, 0.25) is 5.91 Å². The molecule has 118 valence electrons. The number of fused-ring (bicyclic) bond motifs is 1. The number of furan rings is 1. The SMILES string of the molecule is CCCCc1ccc2occ(CCNC(=O)C3CCC3)c2c1. The van der Waals surface area contributed by atoms with Gasteiger partial charge in [-0.15, -0.1) is 0 Å². The van der Waals surface area contributed by atoms with Crippen LogP contribution in [0.4, 0.5) is 0 Å². The van der Waals surface area contributed by atoms with Crippen LogP contribution < -0.4 is 5.32 Å². The molecule has 1 aromatic heterocycles. The van der Waals surface area contributed by atoms with Crippen molar-refractivity contribution in [1.29, 1.82) is 0 Å². The molecule has 1 saturated carbocycles. The van der Waals surface area contributed by atoms with Gasteiger partial charge in [-0.05, 0) is 55.4 Å². The molecule has 1 N–H and O–H groups in total. The Kier molecular flexibility index (Phi) is 4.81. The fourth-order valence-electron chi connectivity index (χ4n) is 2.99. The number of unbranched alkanes of at least 4 members (excludes halogenated alkanes) is 1. The first-order chi connectivity index (χ1) is 10.8. The van der Waals surface area contributed by atoms with E-state index in [0.717, 1.165) is 31.3 Å². The normalized spacial score (nSPS) is 15.0. The first-order valence-electron chi connectivity index (χ1n) is 8.54. The second-order valence-corrected chi connectivity index (χ2v) is 6.36. The van der Waals surface area contributed by atoms with Crippen molar-refractivity contribution in [2.24, 2.45) is 5.92 Å². The van der Waals surface area contributed by atoms with Gasteiger partial charge < -0.3 is 9.73 Å². The van der Waals surface area contributed by atoms with Crippen LogP contribution in [0.25, 0.3) is 11.0 Å². The average Bonchev–Trinajstić information content (AvgIpc) is 2.86. The molecule has 3 nitrogen and oxygen atoms in total. The summed E-state index contributed by atoms with van der Waals surface area (Å²) < 4.78 is 5.63. The van der Waals surface area contributed by atoms with Crippen molar-refractivity contribution >= 4 is 16.9 Å². The molecule has 1 fully saturated rings. The highest BCUT2D eigenvalue weighted by Gasteiger charge is 2.24. The minimum Gasteiger partial charge on any atom is -0.464 e. The Morgan fingerprint density at radius 3 is 2.91 bits per heavy atom. The summed E-state index contributed by atoms with van der Waals surface area (Å²) >= 11 is 0. The van der Waals surface area contributed by atoms with Crippen LogP contribution in [0.3, 0.4) is 0 Å². The molecule has 0 unspecified atom stereocenters. The summed E-state index contributed by atoms with van der Waals surface area (Å²) in [6.07, 6.45) is 9.54. The Hall–Kier alpha value is -1.77. The number of amides is 1. The summed E-state index contributed by atoms with van der Waals surface area (Å²) in [5.41, 5.74) is 3.51. The van der Waals surface area contributed by atoms with Gasteiger partial charge in [0.25, 0.3) is 0 Å². The Morgan fingerprint density at radius 2 is 2.18 bits per heavy atom. The van der Waals surface area contributed by atoms with Crippen molar-refractivity contribution in [3.63, 3.8) is 0 Å². The second-order valence-electron chi connectivity index (χ2n) is 6.36. The molecule has 0 bridgehead atoms. The summed E-state index contributed by atoms with van der Waals surface area (Å²) in [5.74, 6) is 0.490. The highest BCUT2D eigenvalue weighted by Crippen LogP contribution is 2.26. The van der Waals surface area contributed by atoms with Crippen molar-refractivity contribution in [1.82, 2.24) is 5.32 Å². The van der Waals surface area contributed by atoms with Crippen LogP contribution >= 0.6 is 0 Å². The average molecular weight is 299 g/mol. The molecule has 1 aromatic carbocycles. The number of hydrogen-bond donors (Lipinski definition) is 1. The van der Waals surface area contributed by atoms with E-state index in [9.17, 15) is 4.79 Å². The maximum Gasteiger partial charge on any atom is 0.223 e. The van der Waals surface area contributed by atoms with Gasteiger partial charge in [-0.2, -0.15) is 0 Å². The first-order valence-corrected chi connectivity index (χ1v) is 8.54. The van der Waals surface area contributed by atoms with E-state index in [1.54, 1.807) is 0 Å². The Balaban J connectivity index is 1.61. The lowest BCUT2D eigenvalue weighted by Gasteiger charge is -2.23. The molecular formula is C19H25NO2.